The van der Waals surface area contributed by atoms with Gasteiger partial charge in [-0.2, -0.15) is 0 Å². The van der Waals surface area contributed by atoms with Crippen LogP contribution < -0.4 is 5.32 Å². The van der Waals surface area contributed by atoms with Crippen molar-refractivity contribution in [2.45, 2.75) is 26.2 Å². The molecule has 0 amide bonds. The van der Waals surface area contributed by atoms with Gasteiger partial charge in [-0.1, -0.05) is 19.1 Å². The summed E-state index contributed by atoms with van der Waals surface area (Å²) in [5.41, 5.74) is 1.03. The Morgan fingerprint density at radius 2 is 2.12 bits per heavy atom. The summed E-state index contributed by atoms with van der Waals surface area (Å²) in [6, 6.07) is 8.25. The summed E-state index contributed by atoms with van der Waals surface area (Å²) in [6.07, 6.45) is 2.52. The van der Waals surface area contributed by atoms with E-state index in [2.05, 4.69) is 59.1 Å². The van der Waals surface area contributed by atoms with Crippen molar-refractivity contribution in [3.8, 4) is 0 Å². The fourth-order valence-corrected chi connectivity index (χ4v) is 2.82. The molecule has 2 rings (SSSR count). The van der Waals surface area contributed by atoms with E-state index in [1.165, 1.54) is 3.57 Å². The highest BCUT2D eigenvalue weighted by Gasteiger charge is 2.38. The molecule has 1 N–H and O–H groups in total. The third-order valence-electron chi connectivity index (χ3n) is 3.79. The van der Waals surface area contributed by atoms with Crippen LogP contribution >= 0.6 is 22.6 Å². The van der Waals surface area contributed by atoms with E-state index in [9.17, 15) is 4.79 Å². The molecule has 0 radical (unpaired) electrons. The van der Waals surface area contributed by atoms with Crippen LogP contribution in [0.25, 0.3) is 0 Å². The maximum Gasteiger partial charge on any atom is 0.144 e. The van der Waals surface area contributed by atoms with E-state index in [-0.39, 0.29) is 5.41 Å². The molecule has 1 fully saturated rings. The van der Waals surface area contributed by atoms with Crippen molar-refractivity contribution in [1.29, 1.82) is 0 Å². The van der Waals surface area contributed by atoms with Crippen molar-refractivity contribution in [2.75, 3.05) is 13.1 Å². The van der Waals surface area contributed by atoms with Gasteiger partial charge in [0.15, 0.2) is 0 Å². The Balaban J connectivity index is 2.08. The molecule has 0 bridgehead atoms. The minimum atomic E-state index is -0.108. The van der Waals surface area contributed by atoms with Gasteiger partial charge < -0.3 is 5.32 Å². The van der Waals surface area contributed by atoms with Crippen molar-refractivity contribution >= 4 is 28.4 Å². The molecule has 1 atom stereocenters. The van der Waals surface area contributed by atoms with Crippen LogP contribution in [0.15, 0.2) is 24.3 Å². The molecule has 3 heteroatoms. The summed E-state index contributed by atoms with van der Waals surface area (Å²) in [7, 11) is 0. The molecule has 92 valence electrons. The number of ketones is 1. The normalized spacial score (nSPS) is 23.9. The van der Waals surface area contributed by atoms with Crippen LogP contribution in [-0.4, -0.2) is 18.9 Å². The lowest BCUT2D eigenvalue weighted by molar-refractivity contribution is -0.127. The molecule has 17 heavy (non-hydrogen) atoms. The highest BCUT2D eigenvalue weighted by atomic mass is 127. The minimum Gasteiger partial charge on any atom is -0.316 e. The Hall–Kier alpha value is -0.420. The maximum absolute atomic E-state index is 12.4. The standard InChI is InChI=1S/C14H18INO/c1-2-14(7-8-16-10-14)13(17)9-11-3-5-12(15)6-4-11/h3-6,16H,2,7-10H2,1H3. The molecule has 1 aliphatic heterocycles. The van der Waals surface area contributed by atoms with Crippen LogP contribution in [0.2, 0.25) is 0 Å². The van der Waals surface area contributed by atoms with Gasteiger partial charge in [-0.3, -0.25) is 4.79 Å². The Labute approximate surface area is 116 Å². The zero-order valence-corrected chi connectivity index (χ0v) is 12.3. The summed E-state index contributed by atoms with van der Waals surface area (Å²) in [4.78, 5) is 12.4. The Bertz CT molecular complexity index is 393. The molecule has 0 saturated carbocycles. The molecule has 0 aliphatic carbocycles. The third-order valence-corrected chi connectivity index (χ3v) is 4.51. The van der Waals surface area contributed by atoms with Crippen molar-refractivity contribution in [3.63, 3.8) is 0 Å². The molecule has 1 aromatic rings. The van der Waals surface area contributed by atoms with Gasteiger partial charge in [-0.25, -0.2) is 0 Å². The van der Waals surface area contributed by atoms with E-state index in [0.29, 0.717) is 12.2 Å². The van der Waals surface area contributed by atoms with Gasteiger partial charge in [0.25, 0.3) is 0 Å². The molecule has 1 unspecified atom stereocenters. The fraction of sp³-hybridized carbons (Fsp3) is 0.500. The summed E-state index contributed by atoms with van der Waals surface area (Å²) in [5.74, 6) is 0.395. The number of hydrogen-bond acceptors (Lipinski definition) is 2. The molecule has 1 saturated heterocycles. The van der Waals surface area contributed by atoms with Gasteiger partial charge >= 0.3 is 0 Å². The van der Waals surface area contributed by atoms with Crippen LogP contribution in [-0.2, 0) is 11.2 Å². The molecular formula is C14H18INO. The highest BCUT2D eigenvalue weighted by Crippen LogP contribution is 2.31. The first kappa shape index (κ1) is 13.0. The van der Waals surface area contributed by atoms with Gasteiger partial charge in [0.1, 0.15) is 5.78 Å². The number of halogens is 1. The average molecular weight is 343 g/mol. The van der Waals surface area contributed by atoms with Crippen LogP contribution in [0.5, 0.6) is 0 Å². The van der Waals surface area contributed by atoms with Gasteiger partial charge in [0, 0.05) is 22.0 Å². The third kappa shape index (κ3) is 2.88. The smallest absolute Gasteiger partial charge is 0.144 e. The van der Waals surface area contributed by atoms with E-state index >= 15 is 0 Å². The van der Waals surface area contributed by atoms with Crippen molar-refractivity contribution in [1.82, 2.24) is 5.32 Å². The number of carbonyl (C=O) groups excluding carboxylic acids is 1. The number of rotatable bonds is 4. The minimum absolute atomic E-state index is 0.108. The number of carbonyl (C=O) groups is 1. The molecule has 1 heterocycles. The Morgan fingerprint density at radius 1 is 1.41 bits per heavy atom. The average Bonchev–Trinajstić information content (AvgIpc) is 2.82. The zero-order chi connectivity index (χ0) is 12.3. The van der Waals surface area contributed by atoms with Crippen molar-refractivity contribution < 1.29 is 4.79 Å². The SMILES string of the molecule is CCC1(C(=O)Cc2ccc(I)cc2)CCNC1. The molecule has 2 nitrogen and oxygen atoms in total. The first-order chi connectivity index (χ1) is 8.16. The van der Waals surface area contributed by atoms with Crippen LogP contribution in [0.3, 0.4) is 0 Å². The molecular weight excluding hydrogens is 325 g/mol. The van der Waals surface area contributed by atoms with E-state index in [4.69, 9.17) is 0 Å². The van der Waals surface area contributed by atoms with E-state index in [0.717, 1.165) is 31.5 Å². The second-order valence-corrected chi connectivity index (χ2v) is 6.03. The van der Waals surface area contributed by atoms with Crippen molar-refractivity contribution in [3.05, 3.63) is 33.4 Å². The summed E-state index contributed by atoms with van der Waals surface area (Å²) in [6.45, 7) is 3.96. The summed E-state index contributed by atoms with van der Waals surface area (Å²) >= 11 is 2.28. The second-order valence-electron chi connectivity index (χ2n) is 4.79. The molecule has 1 aromatic carbocycles. The number of nitrogens with one attached hydrogen (secondary N) is 1. The first-order valence-electron chi connectivity index (χ1n) is 6.15. The van der Waals surface area contributed by atoms with E-state index < -0.39 is 0 Å². The monoisotopic (exact) mass is 343 g/mol. The summed E-state index contributed by atoms with van der Waals surface area (Å²) < 4.78 is 1.21. The number of Topliss-reactive ketones (excluding diaryl/α,β-unsaturated/α-hetero) is 1. The number of benzene rings is 1. The second kappa shape index (κ2) is 5.48. The van der Waals surface area contributed by atoms with Crippen LogP contribution in [0.4, 0.5) is 0 Å². The lowest BCUT2D eigenvalue weighted by atomic mass is 9.78. The molecule has 0 aromatic heterocycles. The first-order valence-corrected chi connectivity index (χ1v) is 7.23. The largest absolute Gasteiger partial charge is 0.316 e. The Kier molecular flexibility index (Phi) is 4.20. The zero-order valence-electron chi connectivity index (χ0n) is 10.1. The van der Waals surface area contributed by atoms with Gasteiger partial charge in [-0.05, 0) is 59.7 Å². The van der Waals surface area contributed by atoms with E-state index in [1.807, 2.05) is 0 Å². The van der Waals surface area contributed by atoms with Gasteiger partial charge in [0.2, 0.25) is 0 Å². The maximum atomic E-state index is 12.4. The highest BCUT2D eigenvalue weighted by molar-refractivity contribution is 14.1. The predicted octanol–water partition coefficient (Wildman–Crippen LogP) is 2.79. The molecule has 1 aliphatic rings. The quantitative estimate of drug-likeness (QED) is 0.852. The summed E-state index contributed by atoms with van der Waals surface area (Å²) in [5, 5.41) is 3.32. The number of hydrogen-bond donors (Lipinski definition) is 1. The fourth-order valence-electron chi connectivity index (χ4n) is 2.46. The topological polar surface area (TPSA) is 29.1 Å². The van der Waals surface area contributed by atoms with E-state index in [1.54, 1.807) is 0 Å². The van der Waals surface area contributed by atoms with Gasteiger partial charge in [-0.15, -0.1) is 0 Å². The predicted molar refractivity (Wildman–Crippen MR) is 78.1 cm³/mol. The van der Waals surface area contributed by atoms with Crippen LogP contribution in [0, 0.1) is 8.99 Å². The molecule has 0 spiro atoms. The van der Waals surface area contributed by atoms with Gasteiger partial charge in [0.05, 0.1) is 0 Å². The van der Waals surface area contributed by atoms with Crippen molar-refractivity contribution in [2.24, 2.45) is 5.41 Å². The lowest BCUT2D eigenvalue weighted by Gasteiger charge is -2.24. The lowest BCUT2D eigenvalue weighted by Crippen LogP contribution is -2.34. The van der Waals surface area contributed by atoms with Crippen LogP contribution in [0.1, 0.15) is 25.3 Å². The Morgan fingerprint density at radius 3 is 2.65 bits per heavy atom.